The molecule has 0 spiro atoms. The lowest BCUT2D eigenvalue weighted by Gasteiger charge is -2.39. The van der Waals surface area contributed by atoms with Gasteiger partial charge in [0.2, 0.25) is 17.6 Å². The molecular formula is C43H48N2O13. The molecule has 15 nitrogen and oxygen atoms in total. The summed E-state index contributed by atoms with van der Waals surface area (Å²) in [5.74, 6) is -2.85. The Bertz CT molecular complexity index is 1920. The van der Waals surface area contributed by atoms with Crippen LogP contribution in [-0.2, 0) is 39.1 Å². The Labute approximate surface area is 335 Å². The van der Waals surface area contributed by atoms with Crippen molar-refractivity contribution in [2.45, 2.75) is 80.1 Å². The zero-order valence-electron chi connectivity index (χ0n) is 31.6. The predicted molar refractivity (Wildman–Crippen MR) is 205 cm³/mol. The number of esters is 1. The molecular weight excluding hydrogens is 752 g/mol. The number of aliphatic hydroxyl groups excluding tert-OH is 5. The number of fused-ring (bicyclic) bond motifs is 1. The molecule has 2 amide bonds. The number of nitrogens with zero attached hydrogens (tertiary/aromatic N) is 1. The molecule has 3 fully saturated rings. The van der Waals surface area contributed by atoms with Crippen LogP contribution in [0.1, 0.15) is 46.3 Å². The summed E-state index contributed by atoms with van der Waals surface area (Å²) in [6.45, 7) is -0.541. The van der Waals surface area contributed by atoms with Crippen LogP contribution in [-0.4, -0.2) is 136 Å². The Morgan fingerprint density at radius 1 is 0.879 bits per heavy atom. The second-order valence-corrected chi connectivity index (χ2v) is 14.5. The van der Waals surface area contributed by atoms with Crippen LogP contribution in [0.2, 0.25) is 0 Å². The van der Waals surface area contributed by atoms with Gasteiger partial charge >= 0.3 is 5.97 Å². The molecule has 7 rings (SSSR count). The van der Waals surface area contributed by atoms with Crippen molar-refractivity contribution in [2.75, 3.05) is 32.9 Å². The van der Waals surface area contributed by atoms with E-state index in [0.29, 0.717) is 41.6 Å². The summed E-state index contributed by atoms with van der Waals surface area (Å²) < 4.78 is 30.9. The van der Waals surface area contributed by atoms with Crippen molar-refractivity contribution in [2.24, 2.45) is 0 Å². The van der Waals surface area contributed by atoms with Gasteiger partial charge in [-0.25, -0.2) is 4.79 Å². The summed E-state index contributed by atoms with van der Waals surface area (Å²) in [6, 6.07) is 24.7. The molecule has 3 aromatic rings. The highest BCUT2D eigenvalue weighted by Gasteiger charge is 2.55. The normalized spacial score (nSPS) is 29.2. The fourth-order valence-corrected chi connectivity index (χ4v) is 7.91. The van der Waals surface area contributed by atoms with E-state index in [0.717, 1.165) is 0 Å². The summed E-state index contributed by atoms with van der Waals surface area (Å²) in [5, 5.41) is 51.9. The van der Waals surface area contributed by atoms with Gasteiger partial charge < -0.3 is 59.4 Å². The van der Waals surface area contributed by atoms with E-state index in [9.17, 15) is 39.9 Å². The number of ether oxygens (including phenoxy) is 5. The molecule has 308 valence electrons. The summed E-state index contributed by atoms with van der Waals surface area (Å²) in [7, 11) is 0. The minimum atomic E-state index is -1.59. The van der Waals surface area contributed by atoms with Crippen molar-refractivity contribution < 1.29 is 63.6 Å². The largest absolute Gasteiger partial charge is 0.456 e. The fourth-order valence-electron chi connectivity index (χ4n) is 7.91. The minimum absolute atomic E-state index is 0.0266. The molecule has 6 N–H and O–H groups in total. The van der Waals surface area contributed by atoms with Crippen molar-refractivity contribution in [1.29, 1.82) is 0 Å². The quantitative estimate of drug-likeness (QED) is 0.134. The Hall–Kier alpha value is -4.81. The molecule has 0 unspecified atom stereocenters. The van der Waals surface area contributed by atoms with E-state index in [1.807, 2.05) is 60.7 Å². The van der Waals surface area contributed by atoms with Gasteiger partial charge in [-0.05, 0) is 30.5 Å². The van der Waals surface area contributed by atoms with Crippen molar-refractivity contribution in [3.05, 3.63) is 125 Å². The number of carbonyl (C=O) groups excluding carboxylic acids is 3. The molecule has 58 heavy (non-hydrogen) atoms. The van der Waals surface area contributed by atoms with Gasteiger partial charge in [-0.1, -0.05) is 91.0 Å². The van der Waals surface area contributed by atoms with Gasteiger partial charge in [-0.2, -0.15) is 0 Å². The number of aliphatic hydroxyl groups is 5. The van der Waals surface area contributed by atoms with E-state index in [4.69, 9.17) is 23.7 Å². The van der Waals surface area contributed by atoms with Gasteiger partial charge in [0.25, 0.3) is 0 Å². The molecule has 1 aliphatic carbocycles. The Balaban J connectivity index is 1.15. The first kappa shape index (κ1) is 41.4. The first-order chi connectivity index (χ1) is 28.1. The number of rotatable bonds is 13. The maximum atomic E-state index is 14.3. The Kier molecular flexibility index (Phi) is 13.1. The van der Waals surface area contributed by atoms with E-state index >= 15 is 0 Å². The number of likely N-dealkylation sites (tertiary alicyclic amines) is 1. The lowest BCUT2D eigenvalue weighted by molar-refractivity contribution is -0.298. The van der Waals surface area contributed by atoms with Crippen molar-refractivity contribution in [3.63, 3.8) is 0 Å². The lowest BCUT2D eigenvalue weighted by atomic mass is 9.91. The molecule has 9 atom stereocenters. The molecule has 3 heterocycles. The number of carbonyl (C=O) groups is 3. The molecule has 3 aliphatic heterocycles. The Morgan fingerprint density at radius 3 is 2.26 bits per heavy atom. The fraction of sp³-hybridized carbons (Fsp3) is 0.419. The number of benzene rings is 3. The van der Waals surface area contributed by atoms with Gasteiger partial charge in [-0.15, -0.1) is 0 Å². The maximum Gasteiger partial charge on any atom is 0.339 e. The van der Waals surface area contributed by atoms with Gasteiger partial charge in [0, 0.05) is 36.2 Å². The number of nitrogens with one attached hydrogen (secondary N) is 1. The van der Waals surface area contributed by atoms with Crippen LogP contribution in [0.25, 0.3) is 6.08 Å². The Morgan fingerprint density at radius 2 is 1.57 bits per heavy atom. The first-order valence-electron chi connectivity index (χ1n) is 19.4. The van der Waals surface area contributed by atoms with E-state index in [1.54, 1.807) is 42.5 Å². The van der Waals surface area contributed by atoms with Crippen LogP contribution < -0.4 is 5.32 Å². The standard InChI is InChI=1S/C43H48N2O13/c46-21-19-44-39(51)31-18-9-20-45(31)40(52)27-23-32(38-33(24-27)57-43(58-38,28-13-3-1-4-14-28)29-15-5-2-6-16-29)55-41(53)30-17-8-7-11-26(30)12-10-22-54-42-37(50)36(49)35(48)34(25-47)56-42/h1-8,10-17,24,31-38,42,46-50H,9,18-23,25H2,(H,44,51)/t31-,32-,33-,34-,35+,36+,37-,38+,42+/m1/s1. The molecule has 4 aliphatic rings. The van der Waals surface area contributed by atoms with E-state index < -0.39 is 73.4 Å². The van der Waals surface area contributed by atoms with Crippen LogP contribution in [0, 0.1) is 0 Å². The third-order valence-electron chi connectivity index (χ3n) is 10.8. The maximum absolute atomic E-state index is 14.3. The average Bonchev–Trinajstić information content (AvgIpc) is 3.92. The molecule has 0 radical (unpaired) electrons. The zero-order chi connectivity index (χ0) is 40.8. The smallest absolute Gasteiger partial charge is 0.339 e. The summed E-state index contributed by atoms with van der Waals surface area (Å²) in [6.07, 6.45) is -3.90. The van der Waals surface area contributed by atoms with Crippen LogP contribution in [0.4, 0.5) is 0 Å². The second kappa shape index (κ2) is 18.4. The van der Waals surface area contributed by atoms with E-state index in [-0.39, 0.29) is 43.6 Å². The first-order valence-corrected chi connectivity index (χ1v) is 19.4. The highest BCUT2D eigenvalue weighted by atomic mass is 16.8. The third-order valence-corrected chi connectivity index (χ3v) is 10.8. The third kappa shape index (κ3) is 8.50. The average molecular weight is 801 g/mol. The van der Waals surface area contributed by atoms with Crippen molar-refractivity contribution in [3.8, 4) is 0 Å². The lowest BCUT2D eigenvalue weighted by Crippen LogP contribution is -2.59. The predicted octanol–water partition coefficient (Wildman–Crippen LogP) is 1.16. The van der Waals surface area contributed by atoms with Gasteiger partial charge in [0.05, 0.1) is 25.4 Å². The number of amides is 2. The molecule has 3 aromatic carbocycles. The summed E-state index contributed by atoms with van der Waals surface area (Å²) in [5.41, 5.74) is 2.36. The number of hydrogen-bond donors (Lipinski definition) is 6. The molecule has 15 heteroatoms. The molecule has 0 aromatic heterocycles. The zero-order valence-corrected chi connectivity index (χ0v) is 31.6. The van der Waals surface area contributed by atoms with Gasteiger partial charge in [-0.3, -0.25) is 9.59 Å². The monoisotopic (exact) mass is 800 g/mol. The van der Waals surface area contributed by atoms with E-state index in [2.05, 4.69) is 5.32 Å². The SMILES string of the molecule is O=C(O[C@@H]1CC(C(=O)N2CCC[C@@H]2C(=O)NCCO)=C[C@H]2OC(c3ccccc3)(c3ccccc3)O[C@H]21)c1ccccc1C=CCO[C@H]1O[C@H](CO)[C@H](O)[C@H](O)[C@H]1O. The van der Waals surface area contributed by atoms with Crippen molar-refractivity contribution in [1.82, 2.24) is 10.2 Å². The van der Waals surface area contributed by atoms with Crippen LogP contribution in [0.3, 0.4) is 0 Å². The topological polar surface area (TPSA) is 214 Å². The molecule has 3 saturated heterocycles. The number of hydrogen-bond acceptors (Lipinski definition) is 13. The van der Waals surface area contributed by atoms with Gasteiger partial charge in [0.1, 0.15) is 48.8 Å². The van der Waals surface area contributed by atoms with Gasteiger partial charge in [0.15, 0.2) is 6.29 Å². The van der Waals surface area contributed by atoms with Crippen LogP contribution in [0.5, 0.6) is 0 Å². The van der Waals surface area contributed by atoms with Crippen LogP contribution in [0.15, 0.2) is 103 Å². The van der Waals surface area contributed by atoms with E-state index in [1.165, 1.54) is 4.90 Å². The van der Waals surface area contributed by atoms with Crippen molar-refractivity contribution >= 4 is 23.9 Å². The molecule has 0 bridgehead atoms. The highest BCUT2D eigenvalue weighted by Crippen LogP contribution is 2.47. The molecule has 0 saturated carbocycles. The summed E-state index contributed by atoms with van der Waals surface area (Å²) >= 11 is 0. The second-order valence-electron chi connectivity index (χ2n) is 14.5. The van der Waals surface area contributed by atoms with Crippen LogP contribution >= 0.6 is 0 Å². The summed E-state index contributed by atoms with van der Waals surface area (Å²) in [4.78, 5) is 43.0. The highest BCUT2D eigenvalue weighted by molar-refractivity contribution is 5.98. The minimum Gasteiger partial charge on any atom is -0.456 e.